The van der Waals surface area contributed by atoms with Gasteiger partial charge in [-0.15, -0.1) is 0 Å². The van der Waals surface area contributed by atoms with Gasteiger partial charge in [0.1, 0.15) is 5.75 Å². The summed E-state index contributed by atoms with van der Waals surface area (Å²) in [5.41, 5.74) is 2.72. The van der Waals surface area contributed by atoms with Crippen LogP contribution in [0.5, 0.6) is 5.75 Å². The Balaban J connectivity index is 2.11. The quantitative estimate of drug-likeness (QED) is 0.807. The molecular weight excluding hydrogens is 234 g/mol. The minimum Gasteiger partial charge on any atom is -0.508 e. The molecule has 1 saturated carbocycles. The fourth-order valence-electron chi connectivity index (χ4n) is 3.88. The molecule has 1 aromatic rings. The molecule has 0 heterocycles. The fraction of sp³-hybridized carbons (Fsp3) is 0.647. The Labute approximate surface area is 117 Å². The highest BCUT2D eigenvalue weighted by Crippen LogP contribution is 2.46. The fourth-order valence-corrected chi connectivity index (χ4v) is 3.88. The molecule has 2 nitrogen and oxygen atoms in total. The van der Waals surface area contributed by atoms with Crippen LogP contribution in [0, 0.1) is 17.8 Å². The molecule has 19 heavy (non-hydrogen) atoms. The van der Waals surface area contributed by atoms with Crippen molar-refractivity contribution in [2.24, 2.45) is 10.8 Å². The number of rotatable bonds is 2. The van der Waals surface area contributed by atoms with E-state index in [1.807, 2.05) is 19.1 Å². The SMILES string of the molecule is Cc1ccc(NC2CC(C)(C)CC(C)(C)C2)cc1O. The molecule has 0 aromatic heterocycles. The predicted octanol–water partition coefficient (Wildman–Crippen LogP) is 4.72. The summed E-state index contributed by atoms with van der Waals surface area (Å²) >= 11 is 0. The van der Waals surface area contributed by atoms with Crippen LogP contribution in [0.25, 0.3) is 0 Å². The van der Waals surface area contributed by atoms with Crippen LogP contribution in [0.15, 0.2) is 18.2 Å². The van der Waals surface area contributed by atoms with Crippen molar-refractivity contribution >= 4 is 5.69 Å². The summed E-state index contributed by atoms with van der Waals surface area (Å²) in [4.78, 5) is 0. The van der Waals surface area contributed by atoms with Gasteiger partial charge < -0.3 is 10.4 Å². The highest BCUT2D eigenvalue weighted by Gasteiger charge is 2.38. The van der Waals surface area contributed by atoms with E-state index < -0.39 is 0 Å². The van der Waals surface area contributed by atoms with Crippen molar-refractivity contribution in [2.45, 2.75) is 59.9 Å². The van der Waals surface area contributed by atoms with Gasteiger partial charge in [0.15, 0.2) is 0 Å². The van der Waals surface area contributed by atoms with Crippen LogP contribution in [0.3, 0.4) is 0 Å². The van der Waals surface area contributed by atoms with E-state index >= 15 is 0 Å². The van der Waals surface area contributed by atoms with Gasteiger partial charge in [-0.25, -0.2) is 0 Å². The minimum atomic E-state index is 0.374. The number of nitrogens with one attached hydrogen (secondary N) is 1. The van der Waals surface area contributed by atoms with Crippen LogP contribution in [0.1, 0.15) is 52.5 Å². The van der Waals surface area contributed by atoms with Crippen molar-refractivity contribution < 1.29 is 5.11 Å². The molecule has 0 radical (unpaired) electrons. The van der Waals surface area contributed by atoms with Crippen LogP contribution < -0.4 is 5.32 Å². The lowest BCUT2D eigenvalue weighted by atomic mass is 9.63. The molecule has 0 saturated heterocycles. The number of phenolic OH excluding ortho intramolecular Hbond substituents is 1. The second kappa shape index (κ2) is 4.73. The van der Waals surface area contributed by atoms with Crippen LogP contribution in [0.2, 0.25) is 0 Å². The molecule has 0 unspecified atom stereocenters. The topological polar surface area (TPSA) is 32.3 Å². The van der Waals surface area contributed by atoms with Gasteiger partial charge in [0, 0.05) is 17.8 Å². The summed E-state index contributed by atoms with van der Waals surface area (Å²) in [6, 6.07) is 6.35. The van der Waals surface area contributed by atoms with E-state index in [4.69, 9.17) is 0 Å². The number of phenols is 1. The maximum absolute atomic E-state index is 9.79. The first kappa shape index (κ1) is 14.2. The molecule has 1 fully saturated rings. The summed E-state index contributed by atoms with van der Waals surface area (Å²) in [6.45, 7) is 11.3. The molecule has 2 N–H and O–H groups in total. The average molecular weight is 261 g/mol. The zero-order valence-electron chi connectivity index (χ0n) is 12.9. The number of benzene rings is 1. The number of aryl methyl sites for hydroxylation is 1. The Morgan fingerprint density at radius 1 is 1.11 bits per heavy atom. The van der Waals surface area contributed by atoms with Crippen molar-refractivity contribution in [2.75, 3.05) is 5.32 Å². The van der Waals surface area contributed by atoms with E-state index in [0.717, 1.165) is 11.3 Å². The number of anilines is 1. The summed E-state index contributed by atoms with van der Waals surface area (Å²) in [5.74, 6) is 0.374. The molecule has 0 aliphatic heterocycles. The van der Waals surface area contributed by atoms with E-state index in [1.165, 1.54) is 19.3 Å². The molecule has 1 aromatic carbocycles. The molecular formula is C17H27NO. The minimum absolute atomic E-state index is 0.374. The molecule has 0 amide bonds. The van der Waals surface area contributed by atoms with Crippen molar-refractivity contribution in [3.63, 3.8) is 0 Å². The Kier molecular flexibility index (Phi) is 3.55. The zero-order chi connectivity index (χ0) is 14.3. The number of hydrogen-bond donors (Lipinski definition) is 2. The van der Waals surface area contributed by atoms with E-state index in [0.29, 0.717) is 22.6 Å². The van der Waals surface area contributed by atoms with Crippen molar-refractivity contribution in [3.05, 3.63) is 23.8 Å². The largest absolute Gasteiger partial charge is 0.508 e. The summed E-state index contributed by atoms with van der Waals surface area (Å²) in [5, 5.41) is 13.4. The van der Waals surface area contributed by atoms with E-state index in [2.05, 4.69) is 39.1 Å². The predicted molar refractivity (Wildman–Crippen MR) is 81.7 cm³/mol. The van der Waals surface area contributed by atoms with Crippen LogP contribution in [0.4, 0.5) is 5.69 Å². The van der Waals surface area contributed by atoms with Crippen molar-refractivity contribution in [1.82, 2.24) is 0 Å². The van der Waals surface area contributed by atoms with Gasteiger partial charge in [0.25, 0.3) is 0 Å². The van der Waals surface area contributed by atoms with Crippen molar-refractivity contribution in [1.29, 1.82) is 0 Å². The molecule has 0 bridgehead atoms. The Morgan fingerprint density at radius 2 is 1.68 bits per heavy atom. The highest BCUT2D eigenvalue weighted by atomic mass is 16.3. The molecule has 106 valence electrons. The van der Waals surface area contributed by atoms with E-state index in [1.54, 1.807) is 0 Å². The maximum Gasteiger partial charge on any atom is 0.120 e. The van der Waals surface area contributed by atoms with Crippen LogP contribution >= 0.6 is 0 Å². The molecule has 2 rings (SSSR count). The lowest BCUT2D eigenvalue weighted by molar-refractivity contribution is 0.105. The Bertz CT molecular complexity index is 446. The standard InChI is InChI=1S/C17H27NO/c1-12-6-7-13(8-15(12)19)18-14-9-16(2,3)11-17(4,5)10-14/h6-8,14,18-19H,9-11H2,1-5H3. The third-order valence-corrected chi connectivity index (χ3v) is 4.14. The van der Waals surface area contributed by atoms with Gasteiger partial charge in [0.05, 0.1) is 0 Å². The lowest BCUT2D eigenvalue weighted by Crippen LogP contribution is -2.40. The van der Waals surface area contributed by atoms with Crippen molar-refractivity contribution in [3.8, 4) is 5.75 Å². The highest BCUT2D eigenvalue weighted by molar-refractivity contribution is 5.51. The monoisotopic (exact) mass is 261 g/mol. The van der Waals surface area contributed by atoms with Gasteiger partial charge in [-0.05, 0) is 48.6 Å². The van der Waals surface area contributed by atoms with E-state index in [-0.39, 0.29) is 0 Å². The van der Waals surface area contributed by atoms with Gasteiger partial charge in [-0.2, -0.15) is 0 Å². The second-order valence-electron chi connectivity index (χ2n) is 7.76. The normalized spacial score (nSPS) is 22.2. The van der Waals surface area contributed by atoms with Gasteiger partial charge in [0.2, 0.25) is 0 Å². The average Bonchev–Trinajstić information content (AvgIpc) is 2.18. The molecule has 0 spiro atoms. The maximum atomic E-state index is 9.79. The smallest absolute Gasteiger partial charge is 0.120 e. The Hall–Kier alpha value is -1.18. The molecule has 2 heteroatoms. The summed E-state index contributed by atoms with van der Waals surface area (Å²) in [6.07, 6.45) is 3.65. The molecule has 0 atom stereocenters. The summed E-state index contributed by atoms with van der Waals surface area (Å²) in [7, 11) is 0. The second-order valence-corrected chi connectivity index (χ2v) is 7.76. The van der Waals surface area contributed by atoms with Crippen LogP contribution in [-0.2, 0) is 0 Å². The summed E-state index contributed by atoms with van der Waals surface area (Å²) < 4.78 is 0. The van der Waals surface area contributed by atoms with Gasteiger partial charge >= 0.3 is 0 Å². The first-order valence-corrected chi connectivity index (χ1v) is 7.23. The van der Waals surface area contributed by atoms with E-state index in [9.17, 15) is 5.11 Å². The lowest BCUT2D eigenvalue weighted by Gasteiger charge is -2.45. The Morgan fingerprint density at radius 3 is 2.21 bits per heavy atom. The third-order valence-electron chi connectivity index (χ3n) is 4.14. The molecule has 1 aliphatic rings. The number of hydrogen-bond acceptors (Lipinski definition) is 2. The van der Waals surface area contributed by atoms with Crippen LogP contribution in [-0.4, -0.2) is 11.1 Å². The third kappa shape index (κ3) is 3.65. The zero-order valence-corrected chi connectivity index (χ0v) is 12.9. The van der Waals surface area contributed by atoms with Gasteiger partial charge in [-0.3, -0.25) is 0 Å². The molecule has 1 aliphatic carbocycles. The first-order valence-electron chi connectivity index (χ1n) is 7.23. The number of aromatic hydroxyl groups is 1. The van der Waals surface area contributed by atoms with Gasteiger partial charge in [-0.1, -0.05) is 33.8 Å². The first-order chi connectivity index (χ1) is 8.67.